The summed E-state index contributed by atoms with van der Waals surface area (Å²) in [4.78, 5) is 3.65. The van der Waals surface area contributed by atoms with Gasteiger partial charge in [0.25, 0.3) is 0 Å². The summed E-state index contributed by atoms with van der Waals surface area (Å²) in [5, 5.41) is 0. The largest absolute Gasteiger partial charge is 0.260 e. The molecule has 0 N–H and O–H groups in total. The zero-order valence-corrected chi connectivity index (χ0v) is 7.57. The summed E-state index contributed by atoms with van der Waals surface area (Å²) in [6.45, 7) is -13.2. The zero-order valence-electron chi connectivity index (χ0n) is 18.0. The summed E-state index contributed by atoms with van der Waals surface area (Å²) in [5.41, 5.74) is -4.58. The van der Waals surface area contributed by atoms with Gasteiger partial charge in [-0.3, -0.25) is 4.98 Å². The average Bonchev–Trinajstić information content (AvgIpc) is 2.24. The molecule has 2 heteroatoms. The highest BCUT2D eigenvalue weighted by Gasteiger charge is 2.15. The number of rotatable bonds is 0. The van der Waals surface area contributed by atoms with Crippen LogP contribution in [0.5, 0.6) is 0 Å². The van der Waals surface area contributed by atoms with E-state index in [9.17, 15) is 0 Å². The Balaban J connectivity index is 3.96. The molecule has 0 aliphatic heterocycles. The first kappa shape index (κ1) is 2.35. The first-order valence-corrected chi connectivity index (χ1v) is 3.83. The number of pyridine rings is 1. The minimum absolute atomic E-state index is 0.0122. The molecule has 0 spiro atoms. The van der Waals surface area contributed by atoms with E-state index in [1.807, 2.05) is 0 Å². The van der Waals surface area contributed by atoms with E-state index in [2.05, 4.69) is 20.9 Å². The quantitative estimate of drug-likeness (QED) is 0.676. The fourth-order valence-electron chi connectivity index (χ4n) is 0.644. The van der Waals surface area contributed by atoms with Crippen molar-refractivity contribution in [3.05, 3.63) is 28.0 Å². The molecule has 0 saturated carbocycles. The van der Waals surface area contributed by atoms with Gasteiger partial charge >= 0.3 is 0 Å². The molecule has 0 fully saturated rings. The third-order valence-corrected chi connectivity index (χ3v) is 1.87. The number of aryl methyl sites for hydroxylation is 1. The summed E-state index contributed by atoms with van der Waals surface area (Å²) < 4.78 is 90.6. The van der Waals surface area contributed by atoms with E-state index < -0.39 is 44.1 Å². The molecule has 0 aliphatic carbocycles. The molecular weight excluding hydrogens is 214 g/mol. The minimum Gasteiger partial charge on any atom is -0.260 e. The Hall–Kier alpha value is -0.370. The topological polar surface area (TPSA) is 12.9 Å². The van der Waals surface area contributed by atoms with Gasteiger partial charge in [0.05, 0.1) is 0 Å². The number of halogens is 1. The predicted molar refractivity (Wildman–Crippen MR) is 55.4 cm³/mol. The van der Waals surface area contributed by atoms with Gasteiger partial charge in [-0.25, -0.2) is 0 Å². The lowest BCUT2D eigenvalue weighted by atomic mass is 9.91. The normalized spacial score (nSPS) is 30.8. The van der Waals surface area contributed by atoms with Gasteiger partial charge in [0, 0.05) is 38.2 Å². The fraction of sp³-hybridized carbons (Fsp3) is 0.500. The van der Waals surface area contributed by atoms with E-state index >= 15 is 0 Å². The third kappa shape index (κ3) is 2.07. The molecule has 1 rings (SSSR count). The van der Waals surface area contributed by atoms with Crippen LogP contribution >= 0.6 is 15.9 Å². The van der Waals surface area contributed by atoms with Crippen molar-refractivity contribution in [3.63, 3.8) is 0 Å². The molecule has 0 aromatic carbocycles. The summed E-state index contributed by atoms with van der Waals surface area (Å²) in [6.07, 6.45) is 0.898. The second-order valence-corrected chi connectivity index (χ2v) is 3.15. The van der Waals surface area contributed by atoms with Crippen LogP contribution in [0.2, 0.25) is 0 Å². The van der Waals surface area contributed by atoms with Crippen LogP contribution < -0.4 is 0 Å². The molecular formula is C10H14BrN. The molecule has 66 valence electrons. The lowest BCUT2D eigenvalue weighted by molar-refractivity contribution is 0.568. The van der Waals surface area contributed by atoms with E-state index in [1.165, 1.54) is 0 Å². The van der Waals surface area contributed by atoms with Gasteiger partial charge in [-0.15, -0.1) is 0 Å². The SMILES string of the molecule is [2H]C([2H])([2H])c1cc(C(C([2H])([2H])[2H])(C([2H])([2H])[2H])C([2H])([2H])[2H])ncc1Br. The monoisotopic (exact) mass is 239 g/mol. The molecule has 1 nitrogen and oxygen atoms in total. The maximum atomic E-state index is 7.59. The summed E-state index contributed by atoms with van der Waals surface area (Å²) in [7, 11) is 0. The van der Waals surface area contributed by atoms with Crippen molar-refractivity contribution < 1.29 is 16.4 Å². The van der Waals surface area contributed by atoms with Gasteiger partial charge in [-0.1, -0.05) is 20.6 Å². The van der Waals surface area contributed by atoms with Crippen LogP contribution in [0.25, 0.3) is 0 Å². The first-order valence-electron chi connectivity index (χ1n) is 9.04. The molecule has 0 bridgehead atoms. The molecule has 0 atom stereocenters. The van der Waals surface area contributed by atoms with Crippen molar-refractivity contribution >= 4 is 15.9 Å². The lowest BCUT2D eigenvalue weighted by Gasteiger charge is -2.18. The van der Waals surface area contributed by atoms with Crippen molar-refractivity contribution in [2.24, 2.45) is 0 Å². The van der Waals surface area contributed by atoms with Crippen molar-refractivity contribution in [1.82, 2.24) is 4.98 Å². The Kier molecular flexibility index (Phi) is 0.622. The Morgan fingerprint density at radius 2 is 2.25 bits per heavy atom. The molecule has 0 radical (unpaired) electrons. The molecule has 1 heterocycles. The van der Waals surface area contributed by atoms with Crippen LogP contribution in [0.3, 0.4) is 0 Å². The maximum Gasteiger partial charge on any atom is 0.0460 e. The van der Waals surface area contributed by atoms with Gasteiger partial charge in [-0.05, 0) is 34.4 Å². The summed E-state index contributed by atoms with van der Waals surface area (Å²) >= 11 is 2.94. The minimum atomic E-state index is -3.49. The van der Waals surface area contributed by atoms with E-state index in [1.54, 1.807) is 0 Å². The van der Waals surface area contributed by atoms with Gasteiger partial charge < -0.3 is 0 Å². The van der Waals surface area contributed by atoms with Crippen molar-refractivity contribution in [2.45, 2.75) is 32.8 Å². The van der Waals surface area contributed by atoms with E-state index in [0.29, 0.717) is 6.07 Å². The van der Waals surface area contributed by atoms with Crippen molar-refractivity contribution in [2.75, 3.05) is 0 Å². The highest BCUT2D eigenvalue weighted by molar-refractivity contribution is 9.10. The average molecular weight is 240 g/mol. The van der Waals surface area contributed by atoms with Crippen LogP contribution in [0, 0.1) is 6.85 Å². The molecule has 0 aliphatic rings. The predicted octanol–water partition coefficient (Wildman–Crippen LogP) is 3.45. The first-order chi connectivity index (χ1) is 10.4. The Morgan fingerprint density at radius 1 is 1.50 bits per heavy atom. The summed E-state index contributed by atoms with van der Waals surface area (Å²) in [6, 6.07) is 0.711. The molecule has 0 amide bonds. The van der Waals surface area contributed by atoms with Crippen molar-refractivity contribution in [1.29, 1.82) is 0 Å². The van der Waals surface area contributed by atoms with E-state index in [0.717, 1.165) is 6.20 Å². The molecule has 0 saturated heterocycles. The van der Waals surface area contributed by atoms with Crippen LogP contribution in [-0.2, 0) is 5.41 Å². The number of hydrogen-bond acceptors (Lipinski definition) is 1. The Labute approximate surface area is 99.2 Å². The van der Waals surface area contributed by atoms with Crippen LogP contribution in [0.1, 0.15) is 48.3 Å². The fourth-order valence-corrected chi connectivity index (χ4v) is 0.861. The molecule has 12 heavy (non-hydrogen) atoms. The van der Waals surface area contributed by atoms with Gasteiger partial charge in [0.2, 0.25) is 0 Å². The molecule has 0 unspecified atom stereocenters. The van der Waals surface area contributed by atoms with Crippen molar-refractivity contribution in [3.8, 4) is 0 Å². The zero-order chi connectivity index (χ0) is 19.4. The van der Waals surface area contributed by atoms with Gasteiger partial charge in [-0.2, -0.15) is 0 Å². The number of nitrogens with zero attached hydrogens (tertiary/aromatic N) is 1. The number of hydrogen-bond donors (Lipinski definition) is 0. The lowest BCUT2D eigenvalue weighted by Crippen LogP contribution is -2.13. The Bertz CT molecular complexity index is 572. The third-order valence-electron chi connectivity index (χ3n) is 1.24. The van der Waals surface area contributed by atoms with Crippen LogP contribution in [0.15, 0.2) is 16.7 Å². The van der Waals surface area contributed by atoms with E-state index in [-0.39, 0.29) is 4.47 Å². The number of aromatic nitrogens is 1. The smallest absolute Gasteiger partial charge is 0.0460 e. The highest BCUT2D eigenvalue weighted by atomic mass is 79.9. The Morgan fingerprint density at radius 3 is 2.83 bits per heavy atom. The maximum absolute atomic E-state index is 7.59. The standard InChI is InChI=1S/C10H14BrN/c1-7-5-9(10(2,3)4)12-6-8(7)11/h5-6H,1-4H3/i1D3,2D3,3D3,4D3. The van der Waals surface area contributed by atoms with Gasteiger partial charge in [0.15, 0.2) is 0 Å². The van der Waals surface area contributed by atoms with Crippen LogP contribution in [0.4, 0.5) is 0 Å². The second-order valence-electron chi connectivity index (χ2n) is 2.30. The van der Waals surface area contributed by atoms with E-state index in [4.69, 9.17) is 16.4 Å². The summed E-state index contributed by atoms with van der Waals surface area (Å²) in [5.74, 6) is 0. The second kappa shape index (κ2) is 3.17. The molecule has 1 aromatic rings. The van der Waals surface area contributed by atoms with Crippen LogP contribution in [-0.4, -0.2) is 4.98 Å². The highest BCUT2D eigenvalue weighted by Crippen LogP contribution is 2.23. The molecule has 1 aromatic heterocycles. The van der Waals surface area contributed by atoms with Gasteiger partial charge in [0.1, 0.15) is 0 Å².